The second kappa shape index (κ2) is 14.3. The van der Waals surface area contributed by atoms with Crippen molar-refractivity contribution >= 4 is 23.7 Å². The molecule has 0 saturated heterocycles. The average molecular weight is 433 g/mol. The summed E-state index contributed by atoms with van der Waals surface area (Å²) in [6.45, 7) is 0. The lowest BCUT2D eigenvalue weighted by atomic mass is 9.97. The predicted octanol–water partition coefficient (Wildman–Crippen LogP) is 5.68. The van der Waals surface area contributed by atoms with Crippen molar-refractivity contribution in [1.29, 1.82) is 0 Å². The van der Waals surface area contributed by atoms with Crippen molar-refractivity contribution in [3.05, 3.63) is 83.9 Å². The van der Waals surface area contributed by atoms with E-state index < -0.39 is 5.66 Å². The van der Waals surface area contributed by atoms with E-state index in [0.717, 1.165) is 56.1 Å². The van der Waals surface area contributed by atoms with Crippen LogP contribution in [0.4, 0.5) is 0 Å². The number of nitrogens with two attached hydrogens (primary N) is 2. The Bertz CT molecular complexity index is 871. The van der Waals surface area contributed by atoms with Crippen LogP contribution in [0.3, 0.4) is 0 Å². The maximum absolute atomic E-state index is 12.3. The minimum absolute atomic E-state index is 0.182. The van der Waals surface area contributed by atoms with Gasteiger partial charge in [-0.15, -0.1) is 0 Å². The van der Waals surface area contributed by atoms with Crippen molar-refractivity contribution in [3.8, 4) is 0 Å². The fourth-order valence-corrected chi connectivity index (χ4v) is 3.45. The van der Waals surface area contributed by atoms with Gasteiger partial charge in [-0.3, -0.25) is 9.59 Å². The number of carbonyl (C=O) groups excluding carboxylic acids is 2. The van der Waals surface area contributed by atoms with Gasteiger partial charge in [-0.1, -0.05) is 105 Å². The average Bonchev–Trinajstić information content (AvgIpc) is 2.81. The van der Waals surface area contributed by atoms with E-state index in [1.54, 1.807) is 12.2 Å². The van der Waals surface area contributed by atoms with Gasteiger partial charge in [0, 0.05) is 6.42 Å². The van der Waals surface area contributed by atoms with E-state index in [1.165, 1.54) is 6.08 Å². The van der Waals surface area contributed by atoms with Gasteiger partial charge in [0.1, 0.15) is 5.66 Å². The molecule has 170 valence electrons. The van der Waals surface area contributed by atoms with Crippen molar-refractivity contribution in [3.63, 3.8) is 0 Å². The Kier molecular flexibility index (Phi) is 11.4. The standard InChI is InChI=1S/C28H36N2O2/c29-28(30,27(32)22-20-25-16-10-7-11-17-25)23-13-5-3-1-2-4-12-18-26(31)21-19-24-14-8-6-9-15-24/h6-11,14-17,19-22H,1-5,12-13,18,23,29-30H2/b21-19+,22-20+. The number of hydrogen-bond acceptors (Lipinski definition) is 4. The van der Waals surface area contributed by atoms with Gasteiger partial charge < -0.3 is 11.5 Å². The fraction of sp³-hybridized carbons (Fsp3) is 0.357. The predicted molar refractivity (Wildman–Crippen MR) is 134 cm³/mol. The van der Waals surface area contributed by atoms with Gasteiger partial charge in [0.25, 0.3) is 0 Å². The van der Waals surface area contributed by atoms with Crippen molar-refractivity contribution in [2.24, 2.45) is 11.5 Å². The van der Waals surface area contributed by atoms with Crippen LogP contribution in [0.1, 0.15) is 68.9 Å². The van der Waals surface area contributed by atoms with Crippen molar-refractivity contribution in [1.82, 2.24) is 0 Å². The zero-order valence-corrected chi connectivity index (χ0v) is 18.9. The minimum Gasteiger partial charge on any atom is -0.307 e. The zero-order valence-electron chi connectivity index (χ0n) is 18.9. The van der Waals surface area contributed by atoms with E-state index in [4.69, 9.17) is 11.5 Å². The highest BCUT2D eigenvalue weighted by Gasteiger charge is 2.25. The van der Waals surface area contributed by atoms with Gasteiger partial charge >= 0.3 is 0 Å². The van der Waals surface area contributed by atoms with Crippen molar-refractivity contribution in [2.75, 3.05) is 0 Å². The molecular formula is C28H36N2O2. The van der Waals surface area contributed by atoms with Crippen molar-refractivity contribution < 1.29 is 9.59 Å². The van der Waals surface area contributed by atoms with E-state index in [0.29, 0.717) is 12.8 Å². The molecule has 2 aromatic carbocycles. The van der Waals surface area contributed by atoms with Crippen LogP contribution in [0.25, 0.3) is 12.2 Å². The van der Waals surface area contributed by atoms with Gasteiger partial charge in [0.15, 0.2) is 11.6 Å². The monoisotopic (exact) mass is 432 g/mol. The van der Waals surface area contributed by atoms with Gasteiger partial charge in [-0.25, -0.2) is 0 Å². The third kappa shape index (κ3) is 10.5. The van der Waals surface area contributed by atoms with Crippen LogP contribution < -0.4 is 11.5 Å². The Hall–Kier alpha value is -2.82. The number of benzene rings is 2. The molecule has 4 nitrogen and oxygen atoms in total. The summed E-state index contributed by atoms with van der Waals surface area (Å²) in [7, 11) is 0. The molecule has 0 amide bonds. The van der Waals surface area contributed by atoms with Crippen molar-refractivity contribution in [2.45, 2.75) is 63.5 Å². The van der Waals surface area contributed by atoms with E-state index in [9.17, 15) is 9.59 Å². The molecule has 4 heteroatoms. The number of allylic oxidation sites excluding steroid dienone is 1. The van der Waals surface area contributed by atoms with E-state index in [1.807, 2.05) is 66.7 Å². The molecule has 0 spiro atoms. The highest BCUT2D eigenvalue weighted by molar-refractivity contribution is 6.00. The Labute approximate surface area is 192 Å². The van der Waals surface area contributed by atoms with E-state index in [2.05, 4.69) is 0 Å². The first-order chi connectivity index (χ1) is 15.5. The first-order valence-corrected chi connectivity index (χ1v) is 11.6. The highest BCUT2D eigenvalue weighted by atomic mass is 16.1. The molecule has 0 aliphatic carbocycles. The summed E-state index contributed by atoms with van der Waals surface area (Å²) >= 11 is 0. The SMILES string of the molecule is NC(N)(CCCCCCCCCC(=O)/C=C/c1ccccc1)C(=O)/C=C/c1ccccc1. The molecule has 0 radical (unpaired) electrons. The molecule has 0 aromatic heterocycles. The van der Waals surface area contributed by atoms with Crippen LogP contribution >= 0.6 is 0 Å². The third-order valence-electron chi connectivity index (χ3n) is 5.46. The molecule has 0 bridgehead atoms. The molecular weight excluding hydrogens is 396 g/mol. The minimum atomic E-state index is -1.31. The largest absolute Gasteiger partial charge is 0.307 e. The second-order valence-corrected chi connectivity index (χ2v) is 8.33. The number of ketones is 2. The Morgan fingerprint density at radius 3 is 1.69 bits per heavy atom. The molecule has 0 aliphatic rings. The molecule has 0 atom stereocenters. The lowest BCUT2D eigenvalue weighted by Crippen LogP contribution is -2.55. The first-order valence-electron chi connectivity index (χ1n) is 11.6. The van der Waals surface area contributed by atoms with Crippen LogP contribution in [0, 0.1) is 0 Å². The van der Waals surface area contributed by atoms with E-state index in [-0.39, 0.29) is 11.6 Å². The zero-order chi connectivity index (χ0) is 23.1. The summed E-state index contributed by atoms with van der Waals surface area (Å²) < 4.78 is 0. The molecule has 0 heterocycles. The van der Waals surface area contributed by atoms with Gasteiger partial charge in [-0.2, -0.15) is 0 Å². The molecule has 32 heavy (non-hydrogen) atoms. The van der Waals surface area contributed by atoms with E-state index >= 15 is 0 Å². The Morgan fingerprint density at radius 1 is 0.656 bits per heavy atom. The third-order valence-corrected chi connectivity index (χ3v) is 5.46. The molecule has 2 aromatic rings. The number of unbranched alkanes of at least 4 members (excludes halogenated alkanes) is 6. The number of hydrogen-bond donors (Lipinski definition) is 2. The smallest absolute Gasteiger partial charge is 0.189 e. The number of rotatable bonds is 15. The first kappa shape index (κ1) is 25.4. The summed E-state index contributed by atoms with van der Waals surface area (Å²) in [5, 5.41) is 0. The van der Waals surface area contributed by atoms with Crippen LogP contribution in [-0.2, 0) is 9.59 Å². The van der Waals surface area contributed by atoms with Gasteiger partial charge in [0.2, 0.25) is 0 Å². The summed E-state index contributed by atoms with van der Waals surface area (Å²) in [5.74, 6) is -0.0607. The summed E-state index contributed by atoms with van der Waals surface area (Å²) in [4.78, 5) is 24.2. The van der Waals surface area contributed by atoms with Gasteiger partial charge in [0.05, 0.1) is 0 Å². The van der Waals surface area contributed by atoms with Crippen LogP contribution in [0.5, 0.6) is 0 Å². The highest BCUT2D eigenvalue weighted by Crippen LogP contribution is 2.14. The molecule has 0 saturated carbocycles. The van der Waals surface area contributed by atoms with Crippen LogP contribution in [-0.4, -0.2) is 17.2 Å². The molecule has 2 rings (SSSR count). The molecule has 4 N–H and O–H groups in total. The summed E-state index contributed by atoms with van der Waals surface area (Å²) in [6, 6.07) is 19.5. The normalized spacial score (nSPS) is 11.9. The summed E-state index contributed by atoms with van der Waals surface area (Å²) in [6.07, 6.45) is 15.0. The van der Waals surface area contributed by atoms with Gasteiger partial charge in [-0.05, 0) is 42.5 Å². The summed E-state index contributed by atoms with van der Waals surface area (Å²) in [5.41, 5.74) is 12.8. The lowest BCUT2D eigenvalue weighted by molar-refractivity contribution is -0.119. The molecule has 0 aliphatic heterocycles. The fourth-order valence-electron chi connectivity index (χ4n) is 3.45. The maximum atomic E-state index is 12.3. The maximum Gasteiger partial charge on any atom is 0.189 e. The Morgan fingerprint density at radius 2 is 1.12 bits per heavy atom. The lowest BCUT2D eigenvalue weighted by Gasteiger charge is -2.21. The molecule has 0 fully saturated rings. The topological polar surface area (TPSA) is 86.2 Å². The Balaban J connectivity index is 1.50. The quantitative estimate of drug-likeness (QED) is 0.215. The van der Waals surface area contributed by atoms with Crippen LogP contribution in [0.15, 0.2) is 72.8 Å². The number of carbonyl (C=O) groups is 2. The second-order valence-electron chi connectivity index (χ2n) is 8.33. The molecule has 0 unspecified atom stereocenters. The van der Waals surface area contributed by atoms with Crippen LogP contribution in [0.2, 0.25) is 0 Å².